The minimum absolute atomic E-state index is 0.0358. The number of halogens is 2. The van der Waals surface area contributed by atoms with Crippen LogP contribution >= 0.6 is 8.53 Å². The van der Waals surface area contributed by atoms with Crippen molar-refractivity contribution in [3.8, 4) is 5.75 Å². The molecular formula is C28H37F2N6O7P. The van der Waals surface area contributed by atoms with Gasteiger partial charge in [-0.25, -0.2) is 18.9 Å². The van der Waals surface area contributed by atoms with Crippen molar-refractivity contribution < 1.29 is 37.2 Å². The molecule has 0 aliphatic carbocycles. The van der Waals surface area contributed by atoms with Crippen LogP contribution in [0.2, 0.25) is 0 Å². The first-order chi connectivity index (χ1) is 21.2. The largest absolute Gasteiger partial charge is 0.462 e. The number of anilines is 1. The molecule has 0 radical (unpaired) electrons. The molecule has 0 saturated carbocycles. The number of hydrogen-bond donors (Lipinski definition) is 4. The number of aliphatic hydroxyl groups is 1. The number of H-pyrrole nitrogens is 1. The molecule has 3 heterocycles. The van der Waals surface area contributed by atoms with Gasteiger partial charge in [0.15, 0.2) is 11.2 Å². The summed E-state index contributed by atoms with van der Waals surface area (Å²) in [6, 6.07) is 13.5. The van der Waals surface area contributed by atoms with E-state index < -0.39 is 45.4 Å². The molecule has 240 valence electrons. The van der Waals surface area contributed by atoms with Gasteiger partial charge in [-0.05, 0) is 36.8 Å². The smallest absolute Gasteiger partial charge is 0.320 e. The molecule has 0 bridgehead atoms. The first-order valence-electron chi connectivity index (χ1n) is 13.9. The summed E-state index contributed by atoms with van der Waals surface area (Å²) in [5.74, 6) is 0.0504. The zero-order valence-corrected chi connectivity index (χ0v) is 25.7. The molecule has 4 atom stereocenters. The van der Waals surface area contributed by atoms with E-state index in [1.807, 2.05) is 56.3 Å². The number of carbonyl (C=O) groups excluding carboxylic acids is 1. The molecule has 2 aromatic heterocycles. The second-order valence-corrected chi connectivity index (χ2v) is 10.6. The van der Waals surface area contributed by atoms with Crippen LogP contribution < -0.4 is 20.9 Å². The number of nitrogen functional groups attached to an aromatic ring is 1. The van der Waals surface area contributed by atoms with E-state index in [0.717, 1.165) is 10.8 Å². The average molecular weight is 639 g/mol. The van der Waals surface area contributed by atoms with Crippen molar-refractivity contribution in [2.24, 2.45) is 0 Å². The lowest BCUT2D eigenvalue weighted by molar-refractivity contribution is -0.145. The maximum atomic E-state index is 12.1. The molecule has 4 aromatic rings. The van der Waals surface area contributed by atoms with Crippen LogP contribution in [0.5, 0.6) is 5.75 Å². The second-order valence-electron chi connectivity index (χ2n) is 9.34. The summed E-state index contributed by atoms with van der Waals surface area (Å²) in [5, 5.41) is 15.7. The quantitative estimate of drug-likeness (QED) is 0.144. The molecule has 2 aromatic carbocycles. The number of imidazole rings is 1. The number of fused-ring (bicyclic) bond motifs is 2. The topological polar surface area (TPSA) is 176 Å². The number of benzene rings is 2. The highest BCUT2D eigenvalue weighted by atomic mass is 31.2. The molecule has 4 unspecified atom stereocenters. The van der Waals surface area contributed by atoms with Crippen LogP contribution in [-0.2, 0) is 18.8 Å². The molecule has 44 heavy (non-hydrogen) atoms. The predicted octanol–water partition coefficient (Wildman–Crippen LogP) is 4.28. The van der Waals surface area contributed by atoms with Gasteiger partial charge in [-0.2, -0.15) is 4.98 Å². The first kappa shape index (κ1) is 34.7. The highest BCUT2D eigenvalue weighted by Crippen LogP contribution is 2.39. The number of nitrogens with zero attached hydrogens (tertiary/aromatic N) is 3. The van der Waals surface area contributed by atoms with Crippen LogP contribution in [0.3, 0.4) is 0 Å². The summed E-state index contributed by atoms with van der Waals surface area (Å²) in [4.78, 5) is 34.9. The average Bonchev–Trinajstić information content (AvgIpc) is 3.58. The van der Waals surface area contributed by atoms with E-state index in [1.54, 1.807) is 18.4 Å². The Labute approximate surface area is 253 Å². The summed E-state index contributed by atoms with van der Waals surface area (Å²) >= 11 is 0. The molecule has 16 heteroatoms. The van der Waals surface area contributed by atoms with Gasteiger partial charge in [-0.15, -0.1) is 0 Å². The highest BCUT2D eigenvalue weighted by molar-refractivity contribution is 7.45. The van der Waals surface area contributed by atoms with Crippen LogP contribution in [-0.4, -0.2) is 69.0 Å². The molecule has 1 aliphatic heterocycles. The van der Waals surface area contributed by atoms with Gasteiger partial charge in [0.05, 0.1) is 25.1 Å². The summed E-state index contributed by atoms with van der Waals surface area (Å²) < 4.78 is 44.1. The van der Waals surface area contributed by atoms with E-state index in [-0.39, 0.29) is 42.8 Å². The third-order valence-corrected chi connectivity index (χ3v) is 7.13. The van der Waals surface area contributed by atoms with Gasteiger partial charge in [0.1, 0.15) is 24.6 Å². The van der Waals surface area contributed by atoms with Crippen molar-refractivity contribution in [2.75, 3.05) is 25.8 Å². The molecule has 5 N–H and O–H groups in total. The summed E-state index contributed by atoms with van der Waals surface area (Å²) in [6.07, 6.45) is -0.868. The van der Waals surface area contributed by atoms with Crippen molar-refractivity contribution in [1.82, 2.24) is 24.6 Å². The number of esters is 1. The van der Waals surface area contributed by atoms with E-state index in [9.17, 15) is 23.5 Å². The summed E-state index contributed by atoms with van der Waals surface area (Å²) in [5.41, 5.74) is 5.59. The number of carbonyl (C=O) groups is 1. The molecule has 13 nitrogen and oxygen atoms in total. The molecular weight excluding hydrogens is 601 g/mol. The Morgan fingerprint density at radius 1 is 1.25 bits per heavy atom. The monoisotopic (exact) mass is 638 g/mol. The van der Waals surface area contributed by atoms with Gasteiger partial charge in [0.2, 0.25) is 12.9 Å². The molecule has 1 fully saturated rings. The third kappa shape index (κ3) is 9.37. The maximum absolute atomic E-state index is 12.1. The van der Waals surface area contributed by atoms with E-state index >= 15 is 0 Å². The van der Waals surface area contributed by atoms with Gasteiger partial charge in [0, 0.05) is 6.42 Å². The lowest BCUT2D eigenvalue weighted by Gasteiger charge is -2.22. The fourth-order valence-electron chi connectivity index (χ4n) is 4.19. The zero-order chi connectivity index (χ0) is 32.2. The summed E-state index contributed by atoms with van der Waals surface area (Å²) in [6.45, 7) is 5.62. The lowest BCUT2D eigenvalue weighted by atomic mass is 10.1. The van der Waals surface area contributed by atoms with Crippen LogP contribution in [0.25, 0.3) is 21.9 Å². The van der Waals surface area contributed by atoms with Gasteiger partial charge in [0.25, 0.3) is 5.56 Å². The van der Waals surface area contributed by atoms with E-state index in [1.165, 1.54) is 6.33 Å². The predicted molar refractivity (Wildman–Crippen MR) is 162 cm³/mol. The van der Waals surface area contributed by atoms with Crippen molar-refractivity contribution in [1.29, 1.82) is 0 Å². The number of ether oxygens (including phenoxy) is 2. The Bertz CT molecular complexity index is 1560. The van der Waals surface area contributed by atoms with Crippen LogP contribution in [0.15, 0.2) is 53.6 Å². The molecule has 0 amide bonds. The Morgan fingerprint density at radius 2 is 1.95 bits per heavy atom. The standard InChI is InChI=1S/C25H29N6O7P.C2H6.CH2F2/c1-14(2)36-21(33)11-28-39(38-17-8-7-15-5-3-4-6-16(15)9-17)35-12-19-18(32)10-20(37-19)31-13-27-22-23(31)29-25(26)30-24(22)34;1-2;2-1-3/h3-9,13-14,18-20,28,32H,10-12H2,1-2H3,(H3,26,29,30,34);1-2H3;1H2. The number of hydrogen-bond acceptors (Lipinski definition) is 11. The summed E-state index contributed by atoms with van der Waals surface area (Å²) in [7, 11) is -1.82. The van der Waals surface area contributed by atoms with Gasteiger partial charge >= 0.3 is 14.5 Å². The van der Waals surface area contributed by atoms with Gasteiger partial charge < -0.3 is 29.4 Å². The van der Waals surface area contributed by atoms with Crippen LogP contribution in [0.1, 0.15) is 40.3 Å². The molecule has 1 aliphatic rings. The normalized spacial score (nSPS) is 18.3. The SMILES string of the molecule is CC.CC(C)OC(=O)CNP(OCC1OC(n2cnc3c(=O)[nH]c(N)nc32)CC1O)Oc1ccc2ccccc2c1.FCF. The fraction of sp³-hybridized carbons (Fsp3) is 0.429. The number of rotatable bonds is 10. The second kappa shape index (κ2) is 16.9. The van der Waals surface area contributed by atoms with Crippen molar-refractivity contribution in [2.45, 2.75) is 58.7 Å². The molecule has 1 saturated heterocycles. The first-order valence-corrected chi connectivity index (χ1v) is 15.1. The third-order valence-electron chi connectivity index (χ3n) is 5.95. The Kier molecular flexibility index (Phi) is 13.4. The number of aliphatic hydroxyl groups excluding tert-OH is 1. The number of aromatic amines is 1. The number of alkyl halides is 2. The Balaban J connectivity index is 0.000000997. The highest BCUT2D eigenvalue weighted by Gasteiger charge is 2.37. The van der Waals surface area contributed by atoms with Crippen molar-refractivity contribution >= 4 is 42.4 Å². The maximum Gasteiger partial charge on any atom is 0.320 e. The van der Waals surface area contributed by atoms with Gasteiger partial charge in [-0.1, -0.05) is 44.2 Å². The molecule has 0 spiro atoms. The minimum Gasteiger partial charge on any atom is -0.462 e. The van der Waals surface area contributed by atoms with Crippen LogP contribution in [0, 0.1) is 0 Å². The number of nitrogens with one attached hydrogen (secondary N) is 2. The van der Waals surface area contributed by atoms with E-state index in [0.29, 0.717) is 5.75 Å². The van der Waals surface area contributed by atoms with Crippen molar-refractivity contribution in [3.05, 3.63) is 59.1 Å². The van der Waals surface area contributed by atoms with Crippen LogP contribution in [0.4, 0.5) is 14.7 Å². The van der Waals surface area contributed by atoms with E-state index in [2.05, 4.69) is 20.0 Å². The lowest BCUT2D eigenvalue weighted by Crippen LogP contribution is -2.29. The van der Waals surface area contributed by atoms with E-state index in [4.69, 9.17) is 24.3 Å². The zero-order valence-electron chi connectivity index (χ0n) is 24.8. The number of nitrogens with two attached hydrogens (primary N) is 1. The minimum atomic E-state index is -1.82. The Hall–Kier alpha value is -3.75. The van der Waals surface area contributed by atoms with Crippen molar-refractivity contribution in [3.63, 3.8) is 0 Å². The Morgan fingerprint density at radius 3 is 2.66 bits per heavy atom. The number of aromatic nitrogens is 4. The fourth-order valence-corrected chi connectivity index (χ4v) is 5.24. The van der Waals surface area contributed by atoms with Gasteiger partial charge in [-0.3, -0.25) is 19.1 Å². The molecule has 5 rings (SSSR count).